The molecule has 1 amide bonds. The Morgan fingerprint density at radius 1 is 1.23 bits per heavy atom. The molecule has 11 heteroatoms. The molecular formula is C24H27F4N3O3S. The van der Waals surface area contributed by atoms with E-state index in [-0.39, 0.29) is 41.7 Å². The molecule has 0 aromatic heterocycles. The molecule has 190 valence electrons. The minimum absolute atomic E-state index is 0.00682. The van der Waals surface area contributed by atoms with Crippen LogP contribution in [0.4, 0.5) is 17.6 Å². The number of benzene rings is 2. The normalized spacial score (nSPS) is 24.6. The SMILES string of the molecule is CCS(=N)(=O)NC1C(Cc2cccc(-c3cccc(F)c3)c2F)N(C(=O)C2(O)CCC2)CC1(F)F. The number of alkyl halides is 2. The minimum atomic E-state index is -3.61. The van der Waals surface area contributed by atoms with Gasteiger partial charge < -0.3 is 10.0 Å². The van der Waals surface area contributed by atoms with Crippen molar-refractivity contribution in [1.29, 1.82) is 4.78 Å². The van der Waals surface area contributed by atoms with Crippen LogP contribution in [0.1, 0.15) is 31.7 Å². The number of nitrogens with zero attached hydrogens (tertiary/aromatic N) is 1. The lowest BCUT2D eigenvalue weighted by Crippen LogP contribution is -2.57. The average Bonchev–Trinajstić information content (AvgIpc) is 3.02. The van der Waals surface area contributed by atoms with E-state index in [0.717, 1.165) is 11.0 Å². The Hall–Kier alpha value is -2.50. The highest BCUT2D eigenvalue weighted by Crippen LogP contribution is 2.41. The Kier molecular flexibility index (Phi) is 6.71. The van der Waals surface area contributed by atoms with Gasteiger partial charge in [0, 0.05) is 11.3 Å². The number of aliphatic hydroxyl groups is 1. The van der Waals surface area contributed by atoms with Crippen LogP contribution >= 0.6 is 0 Å². The zero-order valence-corrected chi connectivity index (χ0v) is 19.9. The van der Waals surface area contributed by atoms with Gasteiger partial charge >= 0.3 is 0 Å². The number of rotatable bonds is 7. The molecule has 0 spiro atoms. The summed E-state index contributed by atoms with van der Waals surface area (Å²) in [5.74, 6) is -6.03. The van der Waals surface area contributed by atoms with Crippen molar-refractivity contribution in [3.63, 3.8) is 0 Å². The molecule has 1 aliphatic carbocycles. The van der Waals surface area contributed by atoms with Crippen LogP contribution in [0.25, 0.3) is 11.1 Å². The number of carbonyl (C=O) groups excluding carboxylic acids is 1. The van der Waals surface area contributed by atoms with Crippen molar-refractivity contribution >= 4 is 15.8 Å². The van der Waals surface area contributed by atoms with E-state index < -0.39 is 57.6 Å². The smallest absolute Gasteiger partial charge is 0.283 e. The molecule has 1 saturated heterocycles. The largest absolute Gasteiger partial charge is 0.380 e. The number of halogens is 4. The monoisotopic (exact) mass is 513 g/mol. The minimum Gasteiger partial charge on any atom is -0.380 e. The summed E-state index contributed by atoms with van der Waals surface area (Å²) in [6.45, 7) is 0.355. The molecule has 2 aliphatic rings. The number of hydrogen-bond acceptors (Lipinski definition) is 4. The molecule has 1 heterocycles. The van der Waals surface area contributed by atoms with Crippen LogP contribution in [0.15, 0.2) is 42.5 Å². The van der Waals surface area contributed by atoms with E-state index in [4.69, 9.17) is 4.78 Å². The Morgan fingerprint density at radius 3 is 2.51 bits per heavy atom. The third-order valence-corrected chi connectivity index (χ3v) is 8.28. The third kappa shape index (κ3) is 4.94. The Labute approximate surface area is 201 Å². The fourth-order valence-corrected chi connectivity index (χ4v) is 5.55. The maximum absolute atomic E-state index is 15.5. The molecule has 6 nitrogen and oxygen atoms in total. The topological polar surface area (TPSA) is 93.5 Å². The molecule has 1 saturated carbocycles. The van der Waals surface area contributed by atoms with E-state index >= 15 is 13.2 Å². The van der Waals surface area contributed by atoms with Gasteiger partial charge in [0.05, 0.1) is 12.6 Å². The lowest BCUT2D eigenvalue weighted by Gasteiger charge is -2.40. The van der Waals surface area contributed by atoms with Gasteiger partial charge in [0.2, 0.25) is 0 Å². The molecule has 0 bridgehead atoms. The van der Waals surface area contributed by atoms with Crippen LogP contribution in [-0.4, -0.2) is 56.0 Å². The Morgan fingerprint density at radius 2 is 1.91 bits per heavy atom. The molecule has 3 unspecified atom stereocenters. The predicted molar refractivity (Wildman–Crippen MR) is 123 cm³/mol. The van der Waals surface area contributed by atoms with Gasteiger partial charge in [0.25, 0.3) is 11.8 Å². The second-order valence-electron chi connectivity index (χ2n) is 9.20. The van der Waals surface area contributed by atoms with Gasteiger partial charge in [-0.2, -0.15) is 0 Å². The number of hydrogen-bond donors (Lipinski definition) is 3. The summed E-state index contributed by atoms with van der Waals surface area (Å²) in [7, 11) is -3.61. The van der Waals surface area contributed by atoms with Gasteiger partial charge in [0.15, 0.2) is 0 Å². The summed E-state index contributed by atoms with van der Waals surface area (Å²) in [6, 6.07) is 6.33. The van der Waals surface area contributed by atoms with Crippen molar-refractivity contribution < 1.29 is 31.7 Å². The fraction of sp³-hybridized carbons (Fsp3) is 0.458. The zero-order valence-electron chi connectivity index (χ0n) is 19.1. The van der Waals surface area contributed by atoms with E-state index in [1.807, 2.05) is 0 Å². The van der Waals surface area contributed by atoms with Crippen molar-refractivity contribution in [3.05, 3.63) is 59.7 Å². The highest BCUT2D eigenvalue weighted by atomic mass is 32.2. The highest BCUT2D eigenvalue weighted by Gasteiger charge is 2.59. The third-order valence-electron chi connectivity index (χ3n) is 6.83. The summed E-state index contributed by atoms with van der Waals surface area (Å²) in [5.41, 5.74) is -1.46. The second kappa shape index (κ2) is 9.18. The van der Waals surface area contributed by atoms with Crippen LogP contribution < -0.4 is 4.72 Å². The van der Waals surface area contributed by atoms with Crippen LogP contribution in [0.5, 0.6) is 0 Å². The summed E-state index contributed by atoms with van der Waals surface area (Å²) in [4.78, 5) is 13.9. The van der Waals surface area contributed by atoms with Crippen LogP contribution in [0.2, 0.25) is 0 Å². The lowest BCUT2D eigenvalue weighted by atomic mass is 9.79. The predicted octanol–water partition coefficient (Wildman–Crippen LogP) is 3.88. The number of carbonyl (C=O) groups is 1. The average molecular weight is 514 g/mol. The van der Waals surface area contributed by atoms with Gasteiger partial charge in [-0.05, 0) is 48.9 Å². The first-order valence-electron chi connectivity index (χ1n) is 11.4. The van der Waals surface area contributed by atoms with Crippen molar-refractivity contribution in [1.82, 2.24) is 9.62 Å². The van der Waals surface area contributed by atoms with Crippen molar-refractivity contribution in [3.8, 4) is 11.1 Å². The second-order valence-corrected chi connectivity index (χ2v) is 11.4. The van der Waals surface area contributed by atoms with E-state index in [1.165, 1.54) is 43.3 Å². The lowest BCUT2D eigenvalue weighted by molar-refractivity contribution is -0.162. The van der Waals surface area contributed by atoms with Gasteiger partial charge in [-0.15, -0.1) is 0 Å². The van der Waals surface area contributed by atoms with Gasteiger partial charge in [-0.25, -0.2) is 31.3 Å². The van der Waals surface area contributed by atoms with E-state index in [1.54, 1.807) is 0 Å². The maximum Gasteiger partial charge on any atom is 0.283 e. The molecule has 2 fully saturated rings. The first-order valence-corrected chi connectivity index (χ1v) is 13.1. The molecular weight excluding hydrogens is 486 g/mol. The van der Waals surface area contributed by atoms with Crippen molar-refractivity contribution in [2.75, 3.05) is 12.3 Å². The Balaban J connectivity index is 1.74. The van der Waals surface area contributed by atoms with Gasteiger partial charge in [-0.3, -0.25) is 4.79 Å². The fourth-order valence-electron chi connectivity index (χ4n) is 4.64. The molecule has 35 heavy (non-hydrogen) atoms. The van der Waals surface area contributed by atoms with Crippen LogP contribution in [-0.2, 0) is 21.1 Å². The molecule has 3 N–H and O–H groups in total. The molecule has 2 aromatic carbocycles. The molecule has 0 radical (unpaired) electrons. The molecule has 2 aromatic rings. The first-order chi connectivity index (χ1) is 16.4. The summed E-state index contributed by atoms with van der Waals surface area (Å²) >= 11 is 0. The maximum atomic E-state index is 15.5. The summed E-state index contributed by atoms with van der Waals surface area (Å²) in [6.07, 6.45) is 0.446. The van der Waals surface area contributed by atoms with E-state index in [0.29, 0.717) is 6.42 Å². The van der Waals surface area contributed by atoms with Crippen LogP contribution in [0, 0.1) is 16.4 Å². The number of likely N-dealkylation sites (tertiary alicyclic amines) is 1. The Bertz CT molecular complexity index is 1230. The molecule has 3 atom stereocenters. The standard InChI is InChI=1S/C24H27F4N3O3S/c1-2-35(29,34)30-21-19(31(14-24(21,27)28)22(32)23(33)10-5-11-23)13-16-7-4-9-18(20(16)26)15-6-3-8-17(25)12-15/h3-4,6-9,12,19,21,33H,2,5,10-11,13-14H2,1H3,(H2,29,30,34). The highest BCUT2D eigenvalue weighted by molar-refractivity contribution is 7.90. The van der Waals surface area contributed by atoms with Crippen molar-refractivity contribution in [2.45, 2.75) is 56.2 Å². The zero-order chi connectivity index (χ0) is 25.6. The number of nitrogens with one attached hydrogen (secondary N) is 2. The first kappa shape index (κ1) is 25.6. The van der Waals surface area contributed by atoms with E-state index in [9.17, 15) is 18.5 Å². The molecule has 4 rings (SSSR count). The van der Waals surface area contributed by atoms with Crippen LogP contribution in [0.3, 0.4) is 0 Å². The number of amides is 1. The molecule has 1 aliphatic heterocycles. The van der Waals surface area contributed by atoms with E-state index in [2.05, 4.69) is 4.72 Å². The van der Waals surface area contributed by atoms with Gasteiger partial charge in [-0.1, -0.05) is 37.3 Å². The quantitative estimate of drug-likeness (QED) is 0.491. The summed E-state index contributed by atoms with van der Waals surface area (Å²) in [5, 5.41) is 10.6. The van der Waals surface area contributed by atoms with Crippen molar-refractivity contribution in [2.24, 2.45) is 0 Å². The van der Waals surface area contributed by atoms with Gasteiger partial charge in [0.1, 0.15) is 33.2 Å². The summed E-state index contributed by atoms with van der Waals surface area (Å²) < 4.78 is 82.0.